The summed E-state index contributed by atoms with van der Waals surface area (Å²) in [5.74, 6) is 1.47. The third-order valence-electron chi connectivity index (χ3n) is 3.70. The van der Waals surface area contributed by atoms with E-state index in [4.69, 9.17) is 16.3 Å². The summed E-state index contributed by atoms with van der Waals surface area (Å²) in [6.07, 6.45) is 0.929. The molecule has 0 saturated heterocycles. The molecule has 3 rings (SSSR count). The molecule has 1 N–H and O–H groups in total. The van der Waals surface area contributed by atoms with E-state index in [9.17, 15) is 5.11 Å². The van der Waals surface area contributed by atoms with Crippen LogP contribution >= 0.6 is 11.6 Å². The van der Waals surface area contributed by atoms with Crippen LogP contribution in [-0.4, -0.2) is 11.7 Å². The quantitative estimate of drug-likeness (QED) is 0.849. The maximum Gasteiger partial charge on any atom is 0.129 e. The van der Waals surface area contributed by atoms with E-state index in [-0.39, 0.29) is 0 Å². The van der Waals surface area contributed by atoms with Gasteiger partial charge in [-0.1, -0.05) is 29.8 Å². The fourth-order valence-corrected chi connectivity index (χ4v) is 2.68. The van der Waals surface area contributed by atoms with E-state index in [0.29, 0.717) is 18.3 Å². The lowest BCUT2D eigenvalue weighted by atomic mass is 9.89. The molecule has 0 saturated carbocycles. The fourth-order valence-electron chi connectivity index (χ4n) is 2.56. The Morgan fingerprint density at radius 1 is 1.16 bits per heavy atom. The third-order valence-corrected chi connectivity index (χ3v) is 3.95. The van der Waals surface area contributed by atoms with E-state index in [2.05, 4.69) is 12.1 Å². The molecule has 2 nitrogen and oxygen atoms in total. The number of fused-ring (bicyclic) bond motifs is 1. The summed E-state index contributed by atoms with van der Waals surface area (Å²) in [7, 11) is 0. The van der Waals surface area contributed by atoms with Crippen molar-refractivity contribution in [2.45, 2.75) is 19.3 Å². The topological polar surface area (TPSA) is 29.5 Å². The van der Waals surface area contributed by atoms with E-state index in [0.717, 1.165) is 28.3 Å². The standard InChI is InChI=1S/C16H15ClO2/c1-10-15(18)7-4-12-8-13(9-19-16(10)12)11-2-5-14(17)6-3-11/h2-7,13,18H,8-9H2,1H3. The number of halogens is 1. The highest BCUT2D eigenvalue weighted by Crippen LogP contribution is 2.38. The van der Waals surface area contributed by atoms with Crippen LogP contribution in [0.4, 0.5) is 0 Å². The molecule has 0 radical (unpaired) electrons. The lowest BCUT2D eigenvalue weighted by Gasteiger charge is -2.27. The number of ether oxygens (including phenoxy) is 1. The first-order valence-corrected chi connectivity index (χ1v) is 6.72. The minimum Gasteiger partial charge on any atom is -0.508 e. The molecule has 0 bridgehead atoms. The summed E-state index contributed by atoms with van der Waals surface area (Å²) >= 11 is 5.91. The van der Waals surface area contributed by atoms with Crippen LogP contribution in [0.2, 0.25) is 5.02 Å². The lowest BCUT2D eigenvalue weighted by Crippen LogP contribution is -2.19. The number of rotatable bonds is 1. The molecular weight excluding hydrogens is 260 g/mol. The third kappa shape index (κ3) is 2.28. The molecule has 2 aromatic carbocycles. The molecule has 19 heavy (non-hydrogen) atoms. The molecule has 1 aliphatic rings. The van der Waals surface area contributed by atoms with Crippen LogP contribution in [0, 0.1) is 6.92 Å². The molecule has 1 aliphatic heterocycles. The summed E-state index contributed by atoms with van der Waals surface area (Å²) < 4.78 is 5.84. The van der Waals surface area contributed by atoms with Gasteiger partial charge in [0.1, 0.15) is 11.5 Å². The number of hydrogen-bond acceptors (Lipinski definition) is 2. The zero-order chi connectivity index (χ0) is 13.4. The summed E-state index contributed by atoms with van der Waals surface area (Å²) in [5.41, 5.74) is 3.22. The van der Waals surface area contributed by atoms with Crippen LogP contribution in [-0.2, 0) is 6.42 Å². The zero-order valence-electron chi connectivity index (χ0n) is 10.7. The van der Waals surface area contributed by atoms with Gasteiger partial charge in [-0.15, -0.1) is 0 Å². The number of aromatic hydroxyl groups is 1. The molecule has 0 aromatic heterocycles. The van der Waals surface area contributed by atoms with Crippen molar-refractivity contribution in [3.8, 4) is 11.5 Å². The molecular formula is C16H15ClO2. The van der Waals surface area contributed by atoms with E-state index >= 15 is 0 Å². The van der Waals surface area contributed by atoms with Gasteiger partial charge in [0, 0.05) is 16.5 Å². The van der Waals surface area contributed by atoms with Crippen LogP contribution < -0.4 is 4.74 Å². The van der Waals surface area contributed by atoms with Crippen molar-refractivity contribution < 1.29 is 9.84 Å². The van der Waals surface area contributed by atoms with E-state index in [1.54, 1.807) is 6.07 Å². The van der Waals surface area contributed by atoms with Crippen LogP contribution in [0.15, 0.2) is 36.4 Å². The van der Waals surface area contributed by atoms with Gasteiger partial charge in [0.25, 0.3) is 0 Å². The number of hydrogen-bond donors (Lipinski definition) is 1. The van der Waals surface area contributed by atoms with Crippen LogP contribution in [0.3, 0.4) is 0 Å². The van der Waals surface area contributed by atoms with Crippen LogP contribution in [0.25, 0.3) is 0 Å². The molecule has 98 valence electrons. The fraction of sp³-hybridized carbons (Fsp3) is 0.250. The Kier molecular flexibility index (Phi) is 3.11. The van der Waals surface area contributed by atoms with Gasteiger partial charge in [-0.25, -0.2) is 0 Å². The van der Waals surface area contributed by atoms with Crippen LogP contribution in [0.5, 0.6) is 11.5 Å². The van der Waals surface area contributed by atoms with Gasteiger partial charge < -0.3 is 9.84 Å². The Balaban J connectivity index is 1.90. The minimum absolute atomic E-state index is 0.295. The Morgan fingerprint density at radius 3 is 2.63 bits per heavy atom. The van der Waals surface area contributed by atoms with Gasteiger partial charge in [-0.3, -0.25) is 0 Å². The molecule has 0 spiro atoms. The average Bonchev–Trinajstić information content (AvgIpc) is 2.43. The first kappa shape index (κ1) is 12.4. The molecule has 0 fully saturated rings. The van der Waals surface area contributed by atoms with Gasteiger partial charge >= 0.3 is 0 Å². The monoisotopic (exact) mass is 274 g/mol. The normalized spacial score (nSPS) is 17.7. The second kappa shape index (κ2) is 4.78. The second-order valence-electron chi connectivity index (χ2n) is 4.96. The van der Waals surface area contributed by atoms with E-state index in [1.165, 1.54) is 5.56 Å². The average molecular weight is 275 g/mol. The highest BCUT2D eigenvalue weighted by atomic mass is 35.5. The van der Waals surface area contributed by atoms with Crippen molar-refractivity contribution in [3.05, 3.63) is 58.1 Å². The van der Waals surface area contributed by atoms with Crippen molar-refractivity contribution in [2.24, 2.45) is 0 Å². The summed E-state index contributed by atoms with van der Waals surface area (Å²) in [6, 6.07) is 11.6. The Hall–Kier alpha value is -1.67. The van der Waals surface area contributed by atoms with Gasteiger partial charge in [0.05, 0.1) is 6.61 Å². The van der Waals surface area contributed by atoms with Gasteiger partial charge in [0.2, 0.25) is 0 Å². The van der Waals surface area contributed by atoms with Gasteiger partial charge in [0.15, 0.2) is 0 Å². The second-order valence-corrected chi connectivity index (χ2v) is 5.40. The van der Waals surface area contributed by atoms with E-state index in [1.807, 2.05) is 25.1 Å². The molecule has 1 unspecified atom stereocenters. The highest BCUT2D eigenvalue weighted by molar-refractivity contribution is 6.30. The first-order chi connectivity index (χ1) is 9.15. The highest BCUT2D eigenvalue weighted by Gasteiger charge is 2.23. The number of phenolic OH excluding ortho intramolecular Hbond substituents is 1. The molecule has 0 aliphatic carbocycles. The minimum atomic E-state index is 0.295. The van der Waals surface area contributed by atoms with Gasteiger partial charge in [-0.05, 0) is 42.7 Å². The predicted molar refractivity (Wildman–Crippen MR) is 76.2 cm³/mol. The summed E-state index contributed by atoms with van der Waals surface area (Å²) in [5, 5.41) is 10.4. The Bertz CT molecular complexity index is 605. The Morgan fingerprint density at radius 2 is 1.89 bits per heavy atom. The van der Waals surface area contributed by atoms with Crippen molar-refractivity contribution in [2.75, 3.05) is 6.61 Å². The van der Waals surface area contributed by atoms with Crippen molar-refractivity contribution in [1.29, 1.82) is 0 Å². The SMILES string of the molecule is Cc1c(O)ccc2c1OCC(c1ccc(Cl)cc1)C2. The molecule has 3 heteroatoms. The largest absolute Gasteiger partial charge is 0.508 e. The predicted octanol–water partition coefficient (Wildman–Crippen LogP) is 4.07. The summed E-state index contributed by atoms with van der Waals surface area (Å²) in [6.45, 7) is 2.52. The molecule has 2 aromatic rings. The molecule has 1 atom stereocenters. The zero-order valence-corrected chi connectivity index (χ0v) is 11.4. The van der Waals surface area contributed by atoms with Gasteiger partial charge in [-0.2, -0.15) is 0 Å². The van der Waals surface area contributed by atoms with Crippen molar-refractivity contribution >= 4 is 11.6 Å². The maximum absolute atomic E-state index is 9.69. The van der Waals surface area contributed by atoms with E-state index < -0.39 is 0 Å². The molecule has 1 heterocycles. The first-order valence-electron chi connectivity index (χ1n) is 6.35. The lowest BCUT2D eigenvalue weighted by molar-refractivity contribution is 0.259. The number of phenols is 1. The van der Waals surface area contributed by atoms with Crippen molar-refractivity contribution in [3.63, 3.8) is 0 Å². The summed E-state index contributed by atoms with van der Waals surface area (Å²) in [4.78, 5) is 0. The molecule has 0 amide bonds. The van der Waals surface area contributed by atoms with Crippen molar-refractivity contribution in [1.82, 2.24) is 0 Å². The smallest absolute Gasteiger partial charge is 0.129 e. The Labute approximate surface area is 117 Å². The van der Waals surface area contributed by atoms with Crippen LogP contribution in [0.1, 0.15) is 22.6 Å². The maximum atomic E-state index is 9.69. The number of benzene rings is 2.